The fraction of sp³-hybridized carbons (Fsp3) is 0. The van der Waals surface area contributed by atoms with E-state index in [0.717, 1.165) is 0 Å². The van der Waals surface area contributed by atoms with Crippen LogP contribution in [0.3, 0.4) is 0 Å². The molecular formula is C19H16ClHf-. The van der Waals surface area contributed by atoms with Crippen LogP contribution in [0, 0.1) is 5.92 Å². The third-order valence-corrected chi connectivity index (χ3v) is 3.19. The quantitative estimate of drug-likeness (QED) is 0.290. The van der Waals surface area contributed by atoms with E-state index in [9.17, 15) is 0 Å². The van der Waals surface area contributed by atoms with E-state index in [4.69, 9.17) is 0 Å². The van der Waals surface area contributed by atoms with Crippen molar-refractivity contribution in [3.63, 3.8) is 0 Å². The van der Waals surface area contributed by atoms with Crippen LogP contribution in [-0.4, -0.2) is 0 Å². The van der Waals surface area contributed by atoms with Crippen molar-refractivity contribution in [1.29, 1.82) is 0 Å². The zero-order valence-corrected chi connectivity index (χ0v) is 16.0. The van der Waals surface area contributed by atoms with Crippen LogP contribution in [0.1, 0.15) is 16.7 Å². The number of halogens is 1. The Balaban J connectivity index is 0.00000110. The first-order chi connectivity index (χ1) is 9.45. The largest absolute Gasteiger partial charge is 0.147 e. The van der Waals surface area contributed by atoms with Gasteiger partial charge in [-0.15, -0.1) is 12.4 Å². The fourth-order valence-corrected chi connectivity index (χ4v) is 2.31. The summed E-state index contributed by atoms with van der Waals surface area (Å²) < 4.78 is 0. The van der Waals surface area contributed by atoms with Crippen molar-refractivity contribution < 1.29 is 25.8 Å². The normalized spacial score (nSPS) is 9.14. The number of benzene rings is 3. The standard InChI is InChI=1S/C19H15.ClH.Hf/c1-4-10-16(11-5-1)19(17-12-6-2-7-13-17)18-14-8-3-9-15-18;;/h1-15H;1H;/q-1;;. The van der Waals surface area contributed by atoms with Crippen molar-refractivity contribution in [3.05, 3.63) is 114 Å². The van der Waals surface area contributed by atoms with E-state index < -0.39 is 0 Å². The van der Waals surface area contributed by atoms with E-state index >= 15 is 0 Å². The molecule has 0 amide bonds. The van der Waals surface area contributed by atoms with Crippen LogP contribution >= 0.6 is 12.4 Å². The average molecular weight is 458 g/mol. The Labute approximate surface area is 151 Å². The first kappa shape index (κ1) is 17.7. The molecule has 0 aromatic heterocycles. The minimum absolute atomic E-state index is 0. The molecule has 0 heterocycles. The molecule has 104 valence electrons. The van der Waals surface area contributed by atoms with Gasteiger partial charge in [-0.05, 0) is 0 Å². The molecular weight excluding hydrogens is 442 g/mol. The van der Waals surface area contributed by atoms with Crippen LogP contribution in [0.4, 0.5) is 0 Å². The van der Waals surface area contributed by atoms with Gasteiger partial charge in [0, 0.05) is 25.8 Å². The molecule has 0 aliphatic rings. The number of hydrogen-bond donors (Lipinski definition) is 0. The van der Waals surface area contributed by atoms with Crippen LogP contribution in [0.2, 0.25) is 0 Å². The molecule has 0 bridgehead atoms. The Morgan fingerprint density at radius 3 is 0.905 bits per heavy atom. The predicted octanol–water partition coefficient (Wildman–Crippen LogP) is 5.13. The molecule has 0 saturated heterocycles. The van der Waals surface area contributed by atoms with Gasteiger partial charge in [-0.25, -0.2) is 0 Å². The van der Waals surface area contributed by atoms with Crippen LogP contribution in [0.5, 0.6) is 0 Å². The summed E-state index contributed by atoms with van der Waals surface area (Å²) in [5.74, 6) is 1.28. The zero-order valence-electron chi connectivity index (χ0n) is 11.6. The van der Waals surface area contributed by atoms with Gasteiger partial charge < -0.3 is 0 Å². The van der Waals surface area contributed by atoms with Crippen molar-refractivity contribution in [3.8, 4) is 0 Å². The van der Waals surface area contributed by atoms with Gasteiger partial charge in [0.15, 0.2) is 0 Å². The van der Waals surface area contributed by atoms with Gasteiger partial charge in [0.1, 0.15) is 0 Å². The predicted molar refractivity (Wildman–Crippen MR) is 87.1 cm³/mol. The van der Waals surface area contributed by atoms with Crippen LogP contribution < -0.4 is 0 Å². The van der Waals surface area contributed by atoms with E-state index in [1.54, 1.807) is 0 Å². The minimum Gasteiger partial charge on any atom is -0.147 e. The summed E-state index contributed by atoms with van der Waals surface area (Å²) in [7, 11) is 0. The second-order valence-corrected chi connectivity index (χ2v) is 4.47. The Kier molecular flexibility index (Phi) is 7.49. The summed E-state index contributed by atoms with van der Waals surface area (Å²) in [5, 5.41) is 0. The molecule has 0 spiro atoms. The summed E-state index contributed by atoms with van der Waals surface area (Å²) in [4.78, 5) is 0. The summed E-state index contributed by atoms with van der Waals surface area (Å²) >= 11 is 0. The van der Waals surface area contributed by atoms with Crippen LogP contribution in [-0.2, 0) is 25.8 Å². The molecule has 3 aromatic carbocycles. The monoisotopic (exact) mass is 459 g/mol. The van der Waals surface area contributed by atoms with Gasteiger partial charge in [-0.1, -0.05) is 114 Å². The smallest absolute Gasteiger partial charge is 0 e. The van der Waals surface area contributed by atoms with Crippen molar-refractivity contribution in [1.82, 2.24) is 0 Å². The maximum atomic E-state index is 2.16. The molecule has 3 aromatic rings. The van der Waals surface area contributed by atoms with E-state index in [1.807, 2.05) is 0 Å². The Hall–Kier alpha value is -1.31. The number of rotatable bonds is 3. The van der Waals surface area contributed by atoms with Crippen LogP contribution in [0.25, 0.3) is 0 Å². The molecule has 2 heteroatoms. The third-order valence-electron chi connectivity index (χ3n) is 3.19. The fourth-order valence-electron chi connectivity index (χ4n) is 2.31. The third kappa shape index (κ3) is 4.33. The summed E-state index contributed by atoms with van der Waals surface area (Å²) in [6, 6.07) is 31.6. The maximum Gasteiger partial charge on any atom is 0 e. The average Bonchev–Trinajstić information content (AvgIpc) is 2.51. The maximum absolute atomic E-state index is 2.16. The van der Waals surface area contributed by atoms with E-state index in [0.29, 0.717) is 0 Å². The molecule has 0 radical (unpaired) electrons. The second kappa shape index (κ2) is 8.86. The van der Waals surface area contributed by atoms with Gasteiger partial charge in [0.25, 0.3) is 0 Å². The molecule has 0 atom stereocenters. The number of hydrogen-bond acceptors (Lipinski definition) is 0. The topological polar surface area (TPSA) is 0 Å². The Morgan fingerprint density at radius 1 is 0.429 bits per heavy atom. The van der Waals surface area contributed by atoms with Crippen molar-refractivity contribution in [2.45, 2.75) is 0 Å². The first-order valence-corrected chi connectivity index (χ1v) is 6.48. The Bertz CT molecular complexity index is 530. The van der Waals surface area contributed by atoms with Crippen LogP contribution in [0.15, 0.2) is 91.0 Å². The summed E-state index contributed by atoms with van der Waals surface area (Å²) in [6.07, 6.45) is 0. The summed E-state index contributed by atoms with van der Waals surface area (Å²) in [5.41, 5.74) is 3.75. The molecule has 0 aliphatic carbocycles. The van der Waals surface area contributed by atoms with Gasteiger partial charge >= 0.3 is 0 Å². The first-order valence-electron chi connectivity index (χ1n) is 6.48. The van der Waals surface area contributed by atoms with Crippen molar-refractivity contribution >= 4 is 12.4 Å². The zero-order chi connectivity index (χ0) is 12.9. The molecule has 0 unspecified atom stereocenters. The van der Waals surface area contributed by atoms with Gasteiger partial charge in [-0.2, -0.15) is 0 Å². The molecule has 0 saturated carbocycles. The van der Waals surface area contributed by atoms with Gasteiger partial charge in [0.2, 0.25) is 0 Å². The molecule has 0 nitrogen and oxygen atoms in total. The molecule has 0 aliphatic heterocycles. The molecule has 0 fully saturated rings. The SMILES string of the molecule is Cl.[Hf].c1ccc([C-](c2ccccc2)c2ccccc2)cc1. The van der Waals surface area contributed by atoms with E-state index in [1.165, 1.54) is 22.6 Å². The molecule has 21 heavy (non-hydrogen) atoms. The van der Waals surface area contributed by atoms with E-state index in [-0.39, 0.29) is 38.3 Å². The van der Waals surface area contributed by atoms with E-state index in [2.05, 4.69) is 91.0 Å². The minimum atomic E-state index is 0. The van der Waals surface area contributed by atoms with Gasteiger partial charge in [-0.3, -0.25) is 0 Å². The second-order valence-electron chi connectivity index (χ2n) is 4.47. The molecule has 3 rings (SSSR count). The van der Waals surface area contributed by atoms with Gasteiger partial charge in [0.05, 0.1) is 0 Å². The molecule has 0 N–H and O–H groups in total. The Morgan fingerprint density at radius 2 is 0.667 bits per heavy atom. The van der Waals surface area contributed by atoms with Crippen molar-refractivity contribution in [2.24, 2.45) is 0 Å². The van der Waals surface area contributed by atoms with Crippen molar-refractivity contribution in [2.75, 3.05) is 0 Å². The summed E-state index contributed by atoms with van der Waals surface area (Å²) in [6.45, 7) is 0.